The van der Waals surface area contributed by atoms with Gasteiger partial charge in [0, 0.05) is 62.9 Å². The molecule has 0 aromatic heterocycles. The van der Waals surface area contributed by atoms with Gasteiger partial charge in [-0.05, 0) is 59.7 Å². The number of esters is 1. The van der Waals surface area contributed by atoms with Crippen LogP contribution in [0, 0.1) is 0 Å². The highest BCUT2D eigenvalue weighted by molar-refractivity contribution is 6.20. The van der Waals surface area contributed by atoms with Gasteiger partial charge in [-0.25, -0.2) is 4.79 Å². The van der Waals surface area contributed by atoms with Crippen molar-refractivity contribution in [3.63, 3.8) is 0 Å². The Labute approximate surface area is 285 Å². The predicted octanol–water partition coefficient (Wildman–Crippen LogP) is 3.24. The second-order valence-corrected chi connectivity index (χ2v) is 12.3. The lowest BCUT2D eigenvalue weighted by atomic mass is 9.88. The smallest absolute Gasteiger partial charge is 0.342 e. The molecule has 12 nitrogen and oxygen atoms in total. The predicted molar refractivity (Wildman–Crippen MR) is 178 cm³/mol. The number of hydrogen-bond acceptors (Lipinski definition) is 12. The molecule has 1 unspecified atom stereocenters. The number of hydrogen-bond donors (Lipinski definition) is 1. The van der Waals surface area contributed by atoms with Gasteiger partial charge < -0.3 is 43.0 Å². The summed E-state index contributed by atoms with van der Waals surface area (Å²) in [5.41, 5.74) is 2.36. The second kappa shape index (κ2) is 15.1. The first kappa shape index (κ1) is 33.2. The molecule has 0 bridgehead atoms. The number of carbonyl (C=O) groups excluding carboxylic acids is 1. The lowest BCUT2D eigenvalue weighted by Crippen LogP contribution is -2.38. The van der Waals surface area contributed by atoms with Gasteiger partial charge >= 0.3 is 5.97 Å². The Balaban J connectivity index is 1.21. The monoisotopic (exact) mass is 674 g/mol. The molecule has 4 heterocycles. The molecule has 0 radical (unpaired) electrons. The van der Waals surface area contributed by atoms with E-state index in [0.717, 1.165) is 71.3 Å². The minimum absolute atomic E-state index is 0.0948. The highest BCUT2D eigenvalue weighted by Crippen LogP contribution is 2.47. The van der Waals surface area contributed by atoms with Gasteiger partial charge in [-0.2, -0.15) is 0 Å². The zero-order chi connectivity index (χ0) is 33.6. The Hall–Kier alpha value is -4.33. The molecule has 12 heteroatoms. The van der Waals surface area contributed by atoms with Crippen LogP contribution in [0.4, 0.5) is 0 Å². The first-order valence-electron chi connectivity index (χ1n) is 16.7. The number of cyclic esters (lactones) is 1. The lowest BCUT2D eigenvalue weighted by Gasteiger charge is -2.27. The number of methoxy groups -OCH3 is 1. The number of rotatable bonds is 13. The molecule has 4 aliphatic heterocycles. The van der Waals surface area contributed by atoms with Crippen molar-refractivity contribution in [2.75, 3.05) is 92.8 Å². The number of benzene rings is 3. The van der Waals surface area contributed by atoms with Crippen LogP contribution in [0.5, 0.6) is 28.7 Å². The van der Waals surface area contributed by atoms with Crippen molar-refractivity contribution in [3.8, 4) is 28.7 Å². The van der Waals surface area contributed by atoms with E-state index in [4.69, 9.17) is 37.9 Å². The standard InChI is InChI=1S/C37H42N2O10/c1-42-29-5-3-28(4-6-29)37(41)32(35(36(40)49-37)27-2-7-33-34(23-27)48-25-47-33)22-26-20-30(45-18-12-38-8-14-43-15-9-38)24-31(21-26)46-19-13-39-10-16-44-17-11-39/h2-7,20-21,23-24,41H,8-19,22,25H2,1H3. The van der Waals surface area contributed by atoms with E-state index in [1.165, 1.54) is 0 Å². The number of carbonyl (C=O) groups is 1. The van der Waals surface area contributed by atoms with Crippen LogP contribution in [0.25, 0.3) is 5.57 Å². The number of morpholine rings is 2. The molecule has 260 valence electrons. The largest absolute Gasteiger partial charge is 0.497 e. The zero-order valence-electron chi connectivity index (χ0n) is 27.7. The van der Waals surface area contributed by atoms with E-state index in [2.05, 4.69) is 9.80 Å². The van der Waals surface area contributed by atoms with Crippen molar-refractivity contribution in [2.45, 2.75) is 12.2 Å². The van der Waals surface area contributed by atoms with E-state index >= 15 is 0 Å². The molecule has 1 N–H and O–H groups in total. The first-order valence-corrected chi connectivity index (χ1v) is 16.7. The maximum absolute atomic E-state index is 13.7. The molecule has 3 aromatic rings. The molecule has 49 heavy (non-hydrogen) atoms. The van der Waals surface area contributed by atoms with Crippen LogP contribution in [0.1, 0.15) is 16.7 Å². The minimum Gasteiger partial charge on any atom is -0.497 e. The fourth-order valence-corrected chi connectivity index (χ4v) is 6.48. The maximum Gasteiger partial charge on any atom is 0.342 e. The van der Waals surface area contributed by atoms with Crippen LogP contribution in [0.3, 0.4) is 0 Å². The Morgan fingerprint density at radius 3 is 1.98 bits per heavy atom. The van der Waals surface area contributed by atoms with E-state index in [9.17, 15) is 9.90 Å². The van der Waals surface area contributed by atoms with Crippen LogP contribution < -0.4 is 23.7 Å². The van der Waals surface area contributed by atoms with Crippen LogP contribution in [-0.2, 0) is 31.2 Å². The van der Waals surface area contributed by atoms with Crippen molar-refractivity contribution < 1.29 is 47.8 Å². The summed E-state index contributed by atoms with van der Waals surface area (Å²) >= 11 is 0. The van der Waals surface area contributed by atoms with Crippen molar-refractivity contribution >= 4 is 11.5 Å². The highest BCUT2D eigenvalue weighted by atomic mass is 16.7. The third-order valence-electron chi connectivity index (χ3n) is 9.18. The molecule has 0 amide bonds. The molecule has 2 fully saturated rings. The highest BCUT2D eigenvalue weighted by Gasteiger charge is 2.48. The molecule has 2 saturated heterocycles. The normalized spacial score (nSPS) is 21.1. The van der Waals surface area contributed by atoms with Gasteiger partial charge in [0.05, 0.1) is 39.1 Å². The third-order valence-corrected chi connectivity index (χ3v) is 9.18. The van der Waals surface area contributed by atoms with Gasteiger partial charge in [0.25, 0.3) is 5.79 Å². The minimum atomic E-state index is -2.04. The Morgan fingerprint density at radius 2 is 1.37 bits per heavy atom. The van der Waals surface area contributed by atoms with Crippen molar-refractivity contribution in [2.24, 2.45) is 0 Å². The molecular weight excluding hydrogens is 632 g/mol. The van der Waals surface area contributed by atoms with Gasteiger partial charge in [0.2, 0.25) is 6.79 Å². The average molecular weight is 675 g/mol. The summed E-state index contributed by atoms with van der Waals surface area (Å²) in [6.45, 7) is 8.94. The number of fused-ring (bicyclic) bond motifs is 1. The fourth-order valence-electron chi connectivity index (χ4n) is 6.48. The first-order chi connectivity index (χ1) is 24.0. The van der Waals surface area contributed by atoms with Gasteiger partial charge in [0.15, 0.2) is 11.5 Å². The third kappa shape index (κ3) is 7.63. The van der Waals surface area contributed by atoms with E-state index in [0.29, 0.717) is 58.7 Å². The van der Waals surface area contributed by atoms with Gasteiger partial charge in [-0.1, -0.05) is 6.07 Å². The summed E-state index contributed by atoms with van der Waals surface area (Å²) in [6, 6.07) is 17.8. The van der Waals surface area contributed by atoms with Crippen LogP contribution in [0.2, 0.25) is 0 Å². The average Bonchev–Trinajstić information content (AvgIpc) is 3.70. The molecule has 0 spiro atoms. The molecule has 0 aliphatic carbocycles. The van der Waals surface area contributed by atoms with Crippen LogP contribution in [0.15, 0.2) is 66.2 Å². The van der Waals surface area contributed by atoms with Gasteiger partial charge in [-0.3, -0.25) is 9.80 Å². The van der Waals surface area contributed by atoms with E-state index in [1.54, 1.807) is 49.6 Å². The number of ether oxygens (including phenoxy) is 8. The topological polar surface area (TPSA) is 118 Å². The Morgan fingerprint density at radius 1 is 0.755 bits per heavy atom. The van der Waals surface area contributed by atoms with E-state index < -0.39 is 11.8 Å². The summed E-state index contributed by atoms with van der Waals surface area (Å²) < 4.78 is 45.8. The molecule has 1 atom stereocenters. The fraction of sp³-hybridized carbons (Fsp3) is 0.432. The SMILES string of the molecule is COc1ccc(C2(O)OC(=O)C(c3ccc4c(c3)OCO4)=C2Cc2cc(OCCN3CCOCC3)cc(OCCN3CCOCC3)c2)cc1. The Kier molecular flexibility index (Phi) is 10.2. The molecule has 7 rings (SSSR count). The number of aliphatic hydroxyl groups is 1. The Bertz CT molecular complexity index is 1610. The molecular formula is C37H42N2O10. The van der Waals surface area contributed by atoms with Gasteiger partial charge in [-0.15, -0.1) is 0 Å². The number of nitrogens with zero attached hydrogens (tertiary/aromatic N) is 2. The van der Waals surface area contributed by atoms with E-state index in [-0.39, 0.29) is 18.8 Å². The summed E-state index contributed by atoms with van der Waals surface area (Å²) in [4.78, 5) is 18.3. The maximum atomic E-state index is 13.7. The van der Waals surface area contributed by atoms with Crippen molar-refractivity contribution in [3.05, 3.63) is 82.9 Å². The molecule has 3 aromatic carbocycles. The van der Waals surface area contributed by atoms with Crippen LogP contribution in [-0.4, -0.2) is 114 Å². The summed E-state index contributed by atoms with van der Waals surface area (Å²) in [5, 5.41) is 12.3. The van der Waals surface area contributed by atoms with E-state index in [1.807, 2.05) is 18.2 Å². The van der Waals surface area contributed by atoms with Crippen LogP contribution >= 0.6 is 0 Å². The summed E-state index contributed by atoms with van der Waals surface area (Å²) in [7, 11) is 1.57. The quantitative estimate of drug-likeness (QED) is 0.268. The molecule has 0 saturated carbocycles. The zero-order valence-corrected chi connectivity index (χ0v) is 27.7. The molecule has 4 aliphatic rings. The summed E-state index contributed by atoms with van der Waals surface area (Å²) in [5.74, 6) is 0.295. The van der Waals surface area contributed by atoms with Crippen molar-refractivity contribution in [1.29, 1.82) is 0 Å². The van der Waals surface area contributed by atoms with Gasteiger partial charge in [0.1, 0.15) is 30.5 Å². The van der Waals surface area contributed by atoms with Crippen molar-refractivity contribution in [1.82, 2.24) is 9.80 Å². The lowest BCUT2D eigenvalue weighted by molar-refractivity contribution is -0.185. The summed E-state index contributed by atoms with van der Waals surface area (Å²) in [6.07, 6.45) is 0.165. The second-order valence-electron chi connectivity index (χ2n) is 12.3.